The lowest BCUT2D eigenvalue weighted by Gasteiger charge is -2.29. The van der Waals surface area contributed by atoms with E-state index in [1.807, 2.05) is 6.07 Å². The number of anilines is 1. The highest BCUT2D eigenvalue weighted by molar-refractivity contribution is 6.28. The van der Waals surface area contributed by atoms with Crippen LogP contribution in [0.5, 0.6) is 0 Å². The summed E-state index contributed by atoms with van der Waals surface area (Å²) in [6, 6.07) is 2.14. The molecule has 1 unspecified atom stereocenters. The molecule has 0 aliphatic carbocycles. The minimum atomic E-state index is 0.272. The van der Waals surface area contributed by atoms with Gasteiger partial charge in [0.05, 0.1) is 13.2 Å². The van der Waals surface area contributed by atoms with Gasteiger partial charge in [-0.2, -0.15) is 0 Å². The number of nitrogens with one attached hydrogen (secondary N) is 1. The summed E-state index contributed by atoms with van der Waals surface area (Å²) in [5.41, 5.74) is 0. The number of nitrogens with zero attached hydrogens (tertiary/aromatic N) is 3. The van der Waals surface area contributed by atoms with Gasteiger partial charge in [-0.15, -0.1) is 0 Å². The second-order valence-corrected chi connectivity index (χ2v) is 4.51. The molecule has 1 aromatic heterocycles. The summed E-state index contributed by atoms with van der Waals surface area (Å²) in [6.45, 7) is 6.75. The summed E-state index contributed by atoms with van der Waals surface area (Å²) in [5.74, 6) is 0.769. The first-order valence-corrected chi connectivity index (χ1v) is 6.17. The van der Waals surface area contributed by atoms with Gasteiger partial charge < -0.3 is 10.1 Å². The van der Waals surface area contributed by atoms with Crippen LogP contribution in [-0.2, 0) is 4.74 Å². The molecule has 1 fully saturated rings. The van der Waals surface area contributed by atoms with Gasteiger partial charge in [-0.25, -0.2) is 9.97 Å². The van der Waals surface area contributed by atoms with Crippen molar-refractivity contribution in [1.29, 1.82) is 0 Å². The van der Waals surface area contributed by atoms with E-state index in [-0.39, 0.29) is 5.28 Å². The van der Waals surface area contributed by atoms with E-state index < -0.39 is 0 Å². The van der Waals surface area contributed by atoms with Crippen molar-refractivity contribution in [3.05, 3.63) is 17.5 Å². The molecule has 5 nitrogen and oxygen atoms in total. The SMILES string of the molecule is CC(CN1CCOCC1)Nc1ccnc(Cl)n1. The van der Waals surface area contributed by atoms with Gasteiger partial charge in [0.1, 0.15) is 5.82 Å². The average molecular weight is 257 g/mol. The third-order valence-electron chi connectivity index (χ3n) is 2.66. The molecule has 1 aromatic rings. The van der Waals surface area contributed by atoms with Crippen LogP contribution in [0, 0.1) is 0 Å². The lowest BCUT2D eigenvalue weighted by molar-refractivity contribution is 0.0368. The third kappa shape index (κ3) is 4.11. The predicted molar refractivity (Wildman–Crippen MR) is 67.4 cm³/mol. The van der Waals surface area contributed by atoms with Crippen molar-refractivity contribution in [1.82, 2.24) is 14.9 Å². The van der Waals surface area contributed by atoms with Gasteiger partial charge in [-0.3, -0.25) is 4.90 Å². The van der Waals surface area contributed by atoms with Crippen molar-refractivity contribution in [3.63, 3.8) is 0 Å². The van der Waals surface area contributed by atoms with Crippen LogP contribution < -0.4 is 5.32 Å². The minimum Gasteiger partial charge on any atom is -0.379 e. The molecule has 1 aliphatic heterocycles. The van der Waals surface area contributed by atoms with E-state index in [0.717, 1.165) is 38.7 Å². The van der Waals surface area contributed by atoms with Crippen LogP contribution in [0.15, 0.2) is 12.3 Å². The maximum atomic E-state index is 5.73. The number of aromatic nitrogens is 2. The third-order valence-corrected chi connectivity index (χ3v) is 2.84. The Morgan fingerprint density at radius 1 is 1.53 bits per heavy atom. The quantitative estimate of drug-likeness (QED) is 0.822. The zero-order chi connectivity index (χ0) is 12.1. The average Bonchev–Trinajstić information content (AvgIpc) is 2.30. The lowest BCUT2D eigenvalue weighted by atomic mass is 10.3. The standard InChI is InChI=1S/C11H17ClN4O/c1-9(8-16-4-6-17-7-5-16)14-10-2-3-13-11(12)15-10/h2-3,9H,4-8H2,1H3,(H,13,14,15). The highest BCUT2D eigenvalue weighted by Gasteiger charge is 2.13. The minimum absolute atomic E-state index is 0.272. The van der Waals surface area contributed by atoms with Gasteiger partial charge in [0.25, 0.3) is 0 Å². The van der Waals surface area contributed by atoms with Gasteiger partial charge in [-0.05, 0) is 24.6 Å². The normalized spacial score (nSPS) is 18.9. The van der Waals surface area contributed by atoms with E-state index in [1.165, 1.54) is 0 Å². The van der Waals surface area contributed by atoms with Crippen molar-refractivity contribution in [3.8, 4) is 0 Å². The van der Waals surface area contributed by atoms with E-state index in [2.05, 4.69) is 27.1 Å². The number of ether oxygens (including phenoxy) is 1. The molecule has 94 valence electrons. The zero-order valence-corrected chi connectivity index (χ0v) is 10.7. The fraction of sp³-hybridized carbons (Fsp3) is 0.636. The first-order chi connectivity index (χ1) is 8.24. The molecule has 0 amide bonds. The Labute approximate surface area is 106 Å². The lowest BCUT2D eigenvalue weighted by Crippen LogP contribution is -2.42. The number of hydrogen-bond acceptors (Lipinski definition) is 5. The molecule has 0 radical (unpaired) electrons. The van der Waals surface area contributed by atoms with Crippen molar-refractivity contribution in [2.24, 2.45) is 0 Å². The number of morpholine rings is 1. The summed E-state index contributed by atoms with van der Waals surface area (Å²) in [7, 11) is 0. The Morgan fingerprint density at radius 3 is 3.00 bits per heavy atom. The van der Waals surface area contributed by atoms with Gasteiger partial charge in [0.2, 0.25) is 5.28 Å². The van der Waals surface area contributed by atoms with Gasteiger partial charge in [0.15, 0.2) is 0 Å². The first kappa shape index (κ1) is 12.5. The van der Waals surface area contributed by atoms with Crippen molar-refractivity contribution in [2.45, 2.75) is 13.0 Å². The number of rotatable bonds is 4. The second-order valence-electron chi connectivity index (χ2n) is 4.17. The van der Waals surface area contributed by atoms with Crippen LogP contribution in [0.4, 0.5) is 5.82 Å². The van der Waals surface area contributed by atoms with Crippen molar-refractivity contribution < 1.29 is 4.74 Å². The summed E-state index contributed by atoms with van der Waals surface area (Å²) in [6.07, 6.45) is 1.65. The molecule has 0 bridgehead atoms. The highest BCUT2D eigenvalue weighted by atomic mass is 35.5. The molecule has 0 saturated carbocycles. The fourth-order valence-electron chi connectivity index (χ4n) is 1.88. The van der Waals surface area contributed by atoms with Crippen LogP contribution in [0.25, 0.3) is 0 Å². The van der Waals surface area contributed by atoms with E-state index in [0.29, 0.717) is 6.04 Å². The second kappa shape index (κ2) is 6.14. The van der Waals surface area contributed by atoms with E-state index >= 15 is 0 Å². The van der Waals surface area contributed by atoms with Gasteiger partial charge in [-0.1, -0.05) is 0 Å². The molecule has 6 heteroatoms. The summed E-state index contributed by atoms with van der Waals surface area (Å²) < 4.78 is 5.32. The molecule has 1 N–H and O–H groups in total. The Hall–Kier alpha value is -0.910. The Morgan fingerprint density at radius 2 is 2.29 bits per heavy atom. The molecule has 1 aliphatic rings. The molecule has 0 aromatic carbocycles. The fourth-order valence-corrected chi connectivity index (χ4v) is 2.03. The summed E-state index contributed by atoms with van der Waals surface area (Å²) in [5, 5.41) is 3.58. The predicted octanol–water partition coefficient (Wildman–Crippen LogP) is 1.26. The zero-order valence-electron chi connectivity index (χ0n) is 9.90. The molecular weight excluding hydrogens is 240 g/mol. The van der Waals surface area contributed by atoms with E-state index in [9.17, 15) is 0 Å². The van der Waals surface area contributed by atoms with Crippen LogP contribution in [0.3, 0.4) is 0 Å². The Balaban J connectivity index is 1.82. The molecular formula is C11H17ClN4O. The Bertz CT molecular complexity index is 357. The van der Waals surface area contributed by atoms with Crippen LogP contribution in [0.2, 0.25) is 5.28 Å². The monoisotopic (exact) mass is 256 g/mol. The molecule has 2 rings (SSSR count). The van der Waals surface area contributed by atoms with Gasteiger partial charge >= 0.3 is 0 Å². The molecule has 2 heterocycles. The van der Waals surface area contributed by atoms with E-state index in [4.69, 9.17) is 16.3 Å². The van der Waals surface area contributed by atoms with Gasteiger partial charge in [0, 0.05) is 31.9 Å². The van der Waals surface area contributed by atoms with Crippen LogP contribution in [0.1, 0.15) is 6.92 Å². The van der Waals surface area contributed by atoms with Crippen molar-refractivity contribution in [2.75, 3.05) is 38.2 Å². The summed E-state index contributed by atoms with van der Waals surface area (Å²) in [4.78, 5) is 10.3. The van der Waals surface area contributed by atoms with Crippen LogP contribution >= 0.6 is 11.6 Å². The van der Waals surface area contributed by atoms with Crippen molar-refractivity contribution >= 4 is 17.4 Å². The Kier molecular flexibility index (Phi) is 4.53. The molecule has 1 saturated heterocycles. The number of hydrogen-bond donors (Lipinski definition) is 1. The van der Waals surface area contributed by atoms with Crippen LogP contribution in [-0.4, -0.2) is 53.8 Å². The molecule has 1 atom stereocenters. The highest BCUT2D eigenvalue weighted by Crippen LogP contribution is 2.08. The largest absolute Gasteiger partial charge is 0.379 e. The van der Waals surface area contributed by atoms with E-state index in [1.54, 1.807) is 6.20 Å². The maximum Gasteiger partial charge on any atom is 0.224 e. The maximum absolute atomic E-state index is 5.73. The number of halogens is 1. The molecule has 0 spiro atoms. The molecule has 17 heavy (non-hydrogen) atoms. The smallest absolute Gasteiger partial charge is 0.224 e. The first-order valence-electron chi connectivity index (χ1n) is 5.79. The summed E-state index contributed by atoms with van der Waals surface area (Å²) >= 11 is 5.73. The topological polar surface area (TPSA) is 50.3 Å².